The van der Waals surface area contributed by atoms with Gasteiger partial charge in [-0.15, -0.1) is 0 Å². The Morgan fingerprint density at radius 2 is 0.750 bits per heavy atom. The van der Waals surface area contributed by atoms with Gasteiger partial charge in [-0.1, -0.05) is 48.5 Å². The molecule has 8 bridgehead atoms. The van der Waals surface area contributed by atoms with Gasteiger partial charge in [0.2, 0.25) is 24.4 Å². The molecule has 3 aromatic heterocycles. The minimum atomic E-state index is -1.65. The van der Waals surface area contributed by atoms with Gasteiger partial charge in [0.1, 0.15) is 60.3 Å². The largest absolute Gasteiger partial charge is 0.462 e. The third-order valence-electron chi connectivity index (χ3n) is 15.0. The van der Waals surface area contributed by atoms with Crippen molar-refractivity contribution in [3.05, 3.63) is 144 Å². The van der Waals surface area contributed by atoms with Gasteiger partial charge >= 0.3 is 0 Å². The Bertz CT molecular complexity index is 3560. The molecule has 4 aliphatic rings. The summed E-state index contributed by atoms with van der Waals surface area (Å²) >= 11 is 0. The van der Waals surface area contributed by atoms with Gasteiger partial charge in [0.15, 0.2) is 0 Å². The number of benzene rings is 4. The van der Waals surface area contributed by atoms with E-state index in [1.165, 1.54) is 0 Å². The van der Waals surface area contributed by atoms with Crippen LogP contribution < -0.4 is 31.6 Å². The SMILES string of the molecule is C[C@H](N)C(=O)Nc1ccc(-c2c3nc(c(-c4ccc(O[C@@H]5O[C@H](CO)[C@@H](O)[C@H](O)[C@H]5O)cc4)c4ccc([nH]4)c(-c4ccc(O[C@@H]5O[C@H](CO)[C@@H](O)[C@H](O)[C@H]5O)cc4)c4nc(c(-c5ccc(NC(=O)[C@H](C)N)cc5)c5ccc2[nH]5)C=C4)C=C3)cc1. The molecule has 12 atom stereocenters. The van der Waals surface area contributed by atoms with Crippen molar-refractivity contribution in [1.82, 2.24) is 19.9 Å². The fraction of sp³-hybridized carbons (Fsp3) is 0.258. The van der Waals surface area contributed by atoms with E-state index >= 15 is 0 Å². The predicted molar refractivity (Wildman–Crippen MR) is 314 cm³/mol. The van der Waals surface area contributed by atoms with Gasteiger partial charge in [-0.2, -0.15) is 0 Å². The van der Waals surface area contributed by atoms with Crippen LogP contribution in [0.2, 0.25) is 0 Å². The van der Waals surface area contributed by atoms with Crippen molar-refractivity contribution in [1.29, 1.82) is 0 Å². The summed E-state index contributed by atoms with van der Waals surface area (Å²) in [4.78, 5) is 43.4. The molecule has 2 amide bonds. The predicted octanol–water partition coefficient (Wildman–Crippen LogP) is 4.25. The average molecular weight is 1140 g/mol. The molecule has 4 aliphatic heterocycles. The number of nitrogens with two attached hydrogens (primary N) is 2. The first-order chi connectivity index (χ1) is 40.5. The van der Waals surface area contributed by atoms with Gasteiger partial charge in [0.05, 0.1) is 48.1 Å². The number of hydrogen-bond acceptors (Lipinski definition) is 18. The maximum atomic E-state index is 12.7. The van der Waals surface area contributed by atoms with E-state index in [1.54, 1.807) is 86.6 Å². The number of nitrogens with zero attached hydrogens (tertiary/aromatic N) is 2. The van der Waals surface area contributed by atoms with Crippen molar-refractivity contribution in [2.24, 2.45) is 11.5 Å². The van der Waals surface area contributed by atoms with E-state index in [2.05, 4.69) is 20.6 Å². The van der Waals surface area contributed by atoms with Gasteiger partial charge in [-0.3, -0.25) is 9.59 Å². The fourth-order valence-corrected chi connectivity index (χ4v) is 10.4. The molecule has 2 fully saturated rings. The van der Waals surface area contributed by atoms with Crippen LogP contribution in [0.4, 0.5) is 11.4 Å². The van der Waals surface area contributed by atoms with Crippen molar-refractivity contribution in [2.45, 2.75) is 87.3 Å². The molecule has 434 valence electrons. The summed E-state index contributed by atoms with van der Waals surface area (Å²) in [7, 11) is 0. The van der Waals surface area contributed by atoms with Crippen molar-refractivity contribution < 1.29 is 69.4 Å². The lowest BCUT2D eigenvalue weighted by molar-refractivity contribution is -0.277. The maximum Gasteiger partial charge on any atom is 0.240 e. The molecule has 7 heterocycles. The Labute approximate surface area is 480 Å². The number of nitrogens with one attached hydrogen (secondary N) is 4. The molecular formula is C62H62N8O14. The zero-order valence-corrected chi connectivity index (χ0v) is 45.3. The first-order valence-corrected chi connectivity index (χ1v) is 27.1. The fourth-order valence-electron chi connectivity index (χ4n) is 10.4. The first kappa shape index (κ1) is 57.4. The summed E-state index contributed by atoms with van der Waals surface area (Å²) in [5, 5.41) is 88.7. The highest BCUT2D eigenvalue weighted by Crippen LogP contribution is 2.40. The molecule has 2 saturated heterocycles. The zero-order chi connectivity index (χ0) is 59.1. The van der Waals surface area contributed by atoms with Crippen molar-refractivity contribution in [3.63, 3.8) is 0 Å². The van der Waals surface area contributed by atoms with Crippen molar-refractivity contribution in [2.75, 3.05) is 23.8 Å². The van der Waals surface area contributed by atoms with Gasteiger partial charge in [-0.25, -0.2) is 9.97 Å². The van der Waals surface area contributed by atoms with Gasteiger partial charge in [0.25, 0.3) is 0 Å². The average Bonchev–Trinajstić information content (AvgIpc) is 4.06. The van der Waals surface area contributed by atoms with Crippen LogP contribution in [0.25, 0.3) is 90.9 Å². The minimum absolute atomic E-state index is 0.242. The number of anilines is 2. The smallest absolute Gasteiger partial charge is 0.240 e. The lowest BCUT2D eigenvalue weighted by Gasteiger charge is -2.39. The molecule has 7 aromatic rings. The standard InChI is InChI=1S/C62H62N8O14/c1-29(63)59(79)65-35-11-3-31(4-12-35)49-39-19-20-40(67-39)50(32-5-13-36(14-6-32)66-60(80)30(2)64)42-22-24-44(69-42)52(34-9-17-38(18-10-34)82-62-58(78)56(76)54(74)48(28-72)84-62)46-26-25-45(70-46)51(43-23-21-41(49)68-43)33-7-15-37(16-8-33)81-61-57(77)55(75)53(73)47(27-71)83-61/h3-26,29-30,47-48,53-58,61-62,67,70-78H,27-28,63-64H2,1-2H3,(H,65,79)(H,66,80)/t29-,30-,47+,48+,53+,54+,55-,56-,57+,58+,61+,62+/m0/s1. The molecule has 22 heteroatoms. The summed E-state index contributed by atoms with van der Waals surface area (Å²) < 4.78 is 23.3. The molecule has 11 rings (SSSR count). The van der Waals surface area contributed by atoms with E-state index in [0.29, 0.717) is 89.6 Å². The molecular weight excluding hydrogens is 1080 g/mol. The Morgan fingerprint density at radius 1 is 0.464 bits per heavy atom. The summed E-state index contributed by atoms with van der Waals surface area (Å²) in [5.41, 5.74) is 23.2. The van der Waals surface area contributed by atoms with E-state index in [9.17, 15) is 50.4 Å². The second-order valence-corrected chi connectivity index (χ2v) is 20.9. The highest BCUT2D eigenvalue weighted by Gasteiger charge is 2.46. The highest BCUT2D eigenvalue weighted by molar-refractivity contribution is 6.01. The van der Waals surface area contributed by atoms with Crippen LogP contribution in [0.1, 0.15) is 36.6 Å². The number of hydrogen-bond donors (Lipinski definition) is 14. The van der Waals surface area contributed by atoms with Crippen molar-refractivity contribution >= 4 is 69.6 Å². The second kappa shape index (κ2) is 24.0. The Balaban J connectivity index is 1.12. The van der Waals surface area contributed by atoms with Gasteiger partial charge < -0.3 is 91.9 Å². The third kappa shape index (κ3) is 11.5. The van der Waals surface area contributed by atoms with E-state index in [0.717, 1.165) is 11.1 Å². The minimum Gasteiger partial charge on any atom is -0.462 e. The lowest BCUT2D eigenvalue weighted by atomic mass is 9.99. The Morgan fingerprint density at radius 3 is 1.02 bits per heavy atom. The van der Waals surface area contributed by atoms with Crippen LogP contribution in [0.15, 0.2) is 121 Å². The second-order valence-electron chi connectivity index (χ2n) is 20.9. The molecule has 0 saturated carbocycles. The molecule has 0 aliphatic carbocycles. The number of H-pyrrole nitrogens is 2. The number of rotatable bonds is 14. The number of aromatic amines is 2. The number of ether oxygens (including phenoxy) is 4. The number of aromatic nitrogens is 4. The summed E-state index contributed by atoms with van der Waals surface area (Å²) in [6, 6.07) is 34.7. The van der Waals surface area contributed by atoms with Gasteiger partial charge in [-0.05, 0) is 133 Å². The van der Waals surface area contributed by atoms with E-state index in [-0.39, 0.29) is 23.3 Å². The van der Waals surface area contributed by atoms with Crippen LogP contribution in [-0.4, -0.2) is 159 Å². The highest BCUT2D eigenvalue weighted by atomic mass is 16.7. The summed E-state index contributed by atoms with van der Waals surface area (Å²) in [6.45, 7) is 1.94. The van der Waals surface area contributed by atoms with Crippen LogP contribution in [-0.2, 0) is 19.1 Å². The quantitative estimate of drug-likeness (QED) is 0.0723. The topological polar surface area (TPSA) is 366 Å². The Kier molecular flexibility index (Phi) is 16.4. The molecule has 22 nitrogen and oxygen atoms in total. The monoisotopic (exact) mass is 1140 g/mol. The first-order valence-electron chi connectivity index (χ1n) is 27.1. The molecule has 0 unspecified atom stereocenters. The summed E-state index contributed by atoms with van der Waals surface area (Å²) in [5.74, 6) is -0.211. The van der Waals surface area contributed by atoms with E-state index in [4.69, 9.17) is 40.4 Å². The van der Waals surface area contributed by atoms with Crippen LogP contribution in [0.3, 0.4) is 0 Å². The molecule has 4 aromatic carbocycles. The number of carbonyl (C=O) groups excluding carboxylic acids is 2. The van der Waals surface area contributed by atoms with E-state index in [1.807, 2.05) is 72.8 Å². The summed E-state index contributed by atoms with van der Waals surface area (Å²) in [6.07, 6.45) is -7.31. The Hall–Kier alpha value is -8.46. The zero-order valence-electron chi connectivity index (χ0n) is 45.3. The molecule has 84 heavy (non-hydrogen) atoms. The molecule has 0 radical (unpaired) electrons. The molecule has 0 spiro atoms. The number of aliphatic hydroxyl groups excluding tert-OH is 8. The number of carbonyl (C=O) groups is 2. The normalized spacial score (nSPS) is 23.6. The molecule has 16 N–H and O–H groups in total. The third-order valence-corrected chi connectivity index (χ3v) is 15.0. The van der Waals surface area contributed by atoms with Crippen LogP contribution in [0, 0.1) is 0 Å². The van der Waals surface area contributed by atoms with Crippen molar-refractivity contribution in [3.8, 4) is 56.0 Å². The number of fused-ring (bicyclic) bond motifs is 8. The van der Waals surface area contributed by atoms with Crippen LogP contribution in [0.5, 0.6) is 11.5 Å². The number of amides is 2. The van der Waals surface area contributed by atoms with E-state index < -0.39 is 86.7 Å². The number of aliphatic hydroxyl groups is 8. The van der Waals surface area contributed by atoms with Gasteiger partial charge in [0, 0.05) is 55.7 Å². The van der Waals surface area contributed by atoms with Crippen LogP contribution >= 0.6 is 0 Å². The lowest BCUT2D eigenvalue weighted by Crippen LogP contribution is -2.60. The maximum absolute atomic E-state index is 12.7.